The fourth-order valence-corrected chi connectivity index (χ4v) is 3.62. The van der Waals surface area contributed by atoms with Gasteiger partial charge in [0, 0.05) is 0 Å². The molecule has 1 heterocycles. The van der Waals surface area contributed by atoms with Crippen LogP contribution in [0.3, 0.4) is 0 Å². The maximum absolute atomic E-state index is 13.1. The van der Waals surface area contributed by atoms with Crippen molar-refractivity contribution in [3.63, 3.8) is 0 Å². The molecule has 1 aliphatic rings. The van der Waals surface area contributed by atoms with Gasteiger partial charge in [-0.1, -0.05) is 0 Å². The summed E-state index contributed by atoms with van der Waals surface area (Å²) in [5.41, 5.74) is 0.360. The molecule has 1 atom stereocenters. The smallest absolute Gasteiger partial charge is 0.194 e. The molecule has 0 spiro atoms. The van der Waals surface area contributed by atoms with Gasteiger partial charge in [-0.25, -0.2) is 12.8 Å². The normalized spacial score (nSPS) is 21.2. The van der Waals surface area contributed by atoms with Crippen molar-refractivity contribution in [3.8, 4) is 0 Å². The number of sulfone groups is 1. The summed E-state index contributed by atoms with van der Waals surface area (Å²) >= 11 is 0. The molecule has 3 nitrogen and oxygen atoms in total. The van der Waals surface area contributed by atoms with Gasteiger partial charge in [-0.05, 0) is 50.1 Å². The Morgan fingerprint density at radius 3 is 2.75 bits per heavy atom. The number of benzene rings is 1. The number of nitrogens with one attached hydrogen (secondary N) is 1. The second kappa shape index (κ2) is 4.14. The van der Waals surface area contributed by atoms with Crippen LogP contribution in [0.15, 0.2) is 23.1 Å². The summed E-state index contributed by atoms with van der Waals surface area (Å²) < 4.78 is 37.3. The summed E-state index contributed by atoms with van der Waals surface area (Å²) in [7, 11) is -3.36. The van der Waals surface area contributed by atoms with E-state index in [1.54, 1.807) is 6.92 Å². The monoisotopic (exact) mass is 243 g/mol. The Bertz CT molecular complexity index is 493. The molecule has 0 bridgehead atoms. The van der Waals surface area contributed by atoms with Gasteiger partial charge in [0.15, 0.2) is 9.84 Å². The Balaban J connectivity index is 2.39. The minimum absolute atomic E-state index is 0.200. The largest absolute Gasteiger partial charge is 0.301 e. The number of hydrogen-bond acceptors (Lipinski definition) is 3. The van der Waals surface area contributed by atoms with E-state index in [2.05, 4.69) is 5.32 Å². The number of aryl methyl sites for hydroxylation is 1. The lowest BCUT2D eigenvalue weighted by Gasteiger charge is -2.12. The molecule has 1 saturated heterocycles. The topological polar surface area (TPSA) is 46.2 Å². The molecule has 0 amide bonds. The van der Waals surface area contributed by atoms with E-state index in [-0.39, 0.29) is 10.7 Å². The van der Waals surface area contributed by atoms with Crippen molar-refractivity contribution in [2.24, 2.45) is 0 Å². The van der Waals surface area contributed by atoms with Crippen molar-refractivity contribution in [2.45, 2.75) is 30.0 Å². The van der Waals surface area contributed by atoms with Crippen LogP contribution in [-0.2, 0) is 9.84 Å². The second-order valence-electron chi connectivity index (χ2n) is 4.04. The Hall–Kier alpha value is -0.940. The standard InChI is InChI=1S/C11H14FNO2S/c1-8-7-9(4-5-10(8)12)16(14,15)11-3-2-6-13-11/h4-5,7,11,13H,2-3,6H2,1H3. The summed E-state index contributed by atoms with van der Waals surface area (Å²) in [6.45, 7) is 2.29. The first-order chi connectivity index (χ1) is 7.51. The molecule has 1 aromatic carbocycles. The van der Waals surface area contributed by atoms with Crippen molar-refractivity contribution in [1.82, 2.24) is 5.32 Å². The Morgan fingerprint density at radius 1 is 1.44 bits per heavy atom. The molecular formula is C11H14FNO2S. The van der Waals surface area contributed by atoms with Crippen LogP contribution >= 0.6 is 0 Å². The van der Waals surface area contributed by atoms with Gasteiger partial charge >= 0.3 is 0 Å². The van der Waals surface area contributed by atoms with E-state index in [1.165, 1.54) is 18.2 Å². The SMILES string of the molecule is Cc1cc(S(=O)(=O)C2CCCN2)ccc1F. The van der Waals surface area contributed by atoms with Crippen molar-refractivity contribution in [3.05, 3.63) is 29.6 Å². The van der Waals surface area contributed by atoms with Gasteiger partial charge in [0.2, 0.25) is 0 Å². The number of rotatable bonds is 2. The third kappa shape index (κ3) is 1.97. The Kier molecular flexibility index (Phi) is 2.99. The van der Waals surface area contributed by atoms with Crippen molar-refractivity contribution in [2.75, 3.05) is 6.54 Å². The van der Waals surface area contributed by atoms with E-state index in [0.29, 0.717) is 12.0 Å². The minimum Gasteiger partial charge on any atom is -0.301 e. The van der Waals surface area contributed by atoms with E-state index < -0.39 is 15.2 Å². The van der Waals surface area contributed by atoms with Crippen molar-refractivity contribution in [1.29, 1.82) is 0 Å². The molecule has 0 aliphatic carbocycles. The second-order valence-corrected chi connectivity index (χ2v) is 6.17. The molecule has 1 N–H and O–H groups in total. The van der Waals surface area contributed by atoms with Gasteiger partial charge in [-0.3, -0.25) is 0 Å². The van der Waals surface area contributed by atoms with E-state index in [1.807, 2.05) is 0 Å². The van der Waals surface area contributed by atoms with Crippen LogP contribution in [0.25, 0.3) is 0 Å². The number of hydrogen-bond donors (Lipinski definition) is 1. The highest BCUT2D eigenvalue weighted by molar-refractivity contribution is 7.92. The molecule has 88 valence electrons. The molecule has 1 aliphatic heterocycles. The van der Waals surface area contributed by atoms with Crippen LogP contribution in [0.4, 0.5) is 4.39 Å². The van der Waals surface area contributed by atoms with Crippen molar-refractivity contribution < 1.29 is 12.8 Å². The van der Waals surface area contributed by atoms with Gasteiger partial charge < -0.3 is 5.32 Å². The summed E-state index contributed by atoms with van der Waals surface area (Å²) in [5, 5.41) is 2.43. The molecule has 16 heavy (non-hydrogen) atoms. The van der Waals surface area contributed by atoms with Crippen LogP contribution in [0.2, 0.25) is 0 Å². The predicted octanol–water partition coefficient (Wildman–Crippen LogP) is 1.62. The van der Waals surface area contributed by atoms with Crippen LogP contribution < -0.4 is 5.32 Å². The quantitative estimate of drug-likeness (QED) is 0.803. The Morgan fingerprint density at radius 2 is 2.19 bits per heavy atom. The molecule has 0 radical (unpaired) electrons. The lowest BCUT2D eigenvalue weighted by molar-refractivity contribution is 0.570. The summed E-state index contributed by atoms with van der Waals surface area (Å²) in [4.78, 5) is 0.200. The molecule has 5 heteroatoms. The van der Waals surface area contributed by atoms with Crippen LogP contribution in [-0.4, -0.2) is 20.3 Å². The first-order valence-corrected chi connectivity index (χ1v) is 6.80. The lowest BCUT2D eigenvalue weighted by Crippen LogP contribution is -2.30. The van der Waals surface area contributed by atoms with Crippen LogP contribution in [0.5, 0.6) is 0 Å². The third-order valence-electron chi connectivity index (χ3n) is 2.85. The first-order valence-electron chi connectivity index (χ1n) is 5.25. The molecular weight excluding hydrogens is 229 g/mol. The van der Waals surface area contributed by atoms with Gasteiger partial charge in [0.25, 0.3) is 0 Å². The lowest BCUT2D eigenvalue weighted by atomic mass is 10.2. The average molecular weight is 243 g/mol. The summed E-state index contributed by atoms with van der Waals surface area (Å²) in [5.74, 6) is -0.377. The van der Waals surface area contributed by atoms with Crippen LogP contribution in [0.1, 0.15) is 18.4 Å². The zero-order chi connectivity index (χ0) is 11.8. The molecule has 2 rings (SSSR count). The summed E-state index contributed by atoms with van der Waals surface area (Å²) in [6.07, 6.45) is 1.49. The highest BCUT2D eigenvalue weighted by Crippen LogP contribution is 2.22. The van der Waals surface area contributed by atoms with Crippen molar-refractivity contribution >= 4 is 9.84 Å². The highest BCUT2D eigenvalue weighted by Gasteiger charge is 2.30. The zero-order valence-corrected chi connectivity index (χ0v) is 9.85. The fourth-order valence-electron chi connectivity index (χ4n) is 1.88. The highest BCUT2D eigenvalue weighted by atomic mass is 32.2. The van der Waals surface area contributed by atoms with Gasteiger partial charge in [-0.2, -0.15) is 0 Å². The van der Waals surface area contributed by atoms with Gasteiger partial charge in [0.05, 0.1) is 4.90 Å². The fraction of sp³-hybridized carbons (Fsp3) is 0.455. The molecule has 1 fully saturated rings. The van der Waals surface area contributed by atoms with Crippen LogP contribution in [0, 0.1) is 12.7 Å². The minimum atomic E-state index is -3.36. The van der Waals surface area contributed by atoms with Gasteiger partial charge in [-0.15, -0.1) is 0 Å². The number of halogens is 1. The third-order valence-corrected chi connectivity index (χ3v) is 4.91. The predicted molar refractivity (Wildman–Crippen MR) is 59.3 cm³/mol. The van der Waals surface area contributed by atoms with E-state index >= 15 is 0 Å². The first kappa shape index (κ1) is 11.5. The Labute approximate surface area is 94.6 Å². The van der Waals surface area contributed by atoms with E-state index in [9.17, 15) is 12.8 Å². The average Bonchev–Trinajstić information content (AvgIpc) is 2.75. The molecule has 0 saturated carbocycles. The maximum Gasteiger partial charge on any atom is 0.194 e. The van der Waals surface area contributed by atoms with E-state index in [0.717, 1.165) is 13.0 Å². The molecule has 1 aromatic rings. The van der Waals surface area contributed by atoms with Gasteiger partial charge in [0.1, 0.15) is 11.2 Å². The van der Waals surface area contributed by atoms with E-state index in [4.69, 9.17) is 0 Å². The zero-order valence-electron chi connectivity index (χ0n) is 9.03. The maximum atomic E-state index is 13.1. The molecule has 0 aromatic heterocycles. The summed E-state index contributed by atoms with van der Waals surface area (Å²) in [6, 6.07) is 3.93. The molecule has 1 unspecified atom stereocenters.